The molecule has 0 aromatic heterocycles. The largest absolute Gasteiger partial charge is 0.442 e. The highest BCUT2D eigenvalue weighted by molar-refractivity contribution is 9.59. The Hall–Kier alpha value is -0.420. The molecule has 17 heavy (non-hydrogen) atoms. The van der Waals surface area contributed by atoms with E-state index in [1.807, 2.05) is 13.0 Å². The van der Waals surface area contributed by atoms with Crippen LogP contribution in [0.1, 0.15) is 25.0 Å². The van der Waals surface area contributed by atoms with Crippen LogP contribution in [0.5, 0.6) is 0 Å². The van der Waals surface area contributed by atoms with Gasteiger partial charge in [-0.3, -0.25) is 0 Å². The Morgan fingerprint density at radius 2 is 1.94 bits per heavy atom. The van der Waals surface area contributed by atoms with Gasteiger partial charge in [0.05, 0.1) is 0 Å². The Labute approximate surface area is 107 Å². The van der Waals surface area contributed by atoms with Crippen LogP contribution in [0.25, 0.3) is 6.08 Å². The van der Waals surface area contributed by atoms with E-state index < -0.39 is 14.0 Å². The van der Waals surface area contributed by atoms with Crippen LogP contribution in [0, 0.1) is 0 Å². The molecule has 0 saturated carbocycles. The first-order chi connectivity index (χ1) is 7.82. The Kier molecular flexibility index (Phi) is 3.11. The van der Waals surface area contributed by atoms with Crippen LogP contribution in [0.15, 0.2) is 28.0 Å². The fourth-order valence-electron chi connectivity index (χ4n) is 2.07. The first-order valence-electron chi connectivity index (χ1n) is 5.22. The fraction of sp³-hybridized carbons (Fsp3) is 0.333. The zero-order chi connectivity index (χ0) is 12.8. The van der Waals surface area contributed by atoms with E-state index in [1.54, 1.807) is 25.1 Å². The standard InChI is InChI=1S/C12H12BrF3S/c1-3-9-5-4-6-11-10(9)7-8(2)17(11,13)12(14,15)16/h4-7H,3H2,1-2H3. The molecule has 1 aromatic carbocycles. The summed E-state index contributed by atoms with van der Waals surface area (Å²) >= 11 is 2.98. The van der Waals surface area contributed by atoms with Crippen molar-refractivity contribution in [3.63, 3.8) is 0 Å². The van der Waals surface area contributed by atoms with Crippen molar-refractivity contribution in [1.82, 2.24) is 0 Å². The molecule has 1 heterocycles. The third-order valence-corrected chi connectivity index (χ3v) is 9.24. The van der Waals surface area contributed by atoms with E-state index in [2.05, 4.69) is 14.8 Å². The van der Waals surface area contributed by atoms with Crippen molar-refractivity contribution in [2.45, 2.75) is 30.7 Å². The summed E-state index contributed by atoms with van der Waals surface area (Å²) in [7, 11) is -3.02. The minimum atomic E-state index is -4.24. The van der Waals surface area contributed by atoms with Crippen LogP contribution < -0.4 is 0 Å². The van der Waals surface area contributed by atoms with E-state index in [4.69, 9.17) is 0 Å². The van der Waals surface area contributed by atoms with E-state index >= 15 is 0 Å². The number of aryl methyl sites for hydroxylation is 1. The molecular formula is C12H12BrF3S. The average molecular weight is 325 g/mol. The number of rotatable bonds is 1. The van der Waals surface area contributed by atoms with E-state index in [9.17, 15) is 13.2 Å². The second-order valence-corrected chi connectivity index (χ2v) is 9.46. The third-order valence-electron chi connectivity index (χ3n) is 2.95. The van der Waals surface area contributed by atoms with Crippen LogP contribution >= 0.6 is 23.3 Å². The van der Waals surface area contributed by atoms with E-state index in [1.165, 1.54) is 0 Å². The molecule has 5 heteroatoms. The van der Waals surface area contributed by atoms with Crippen LogP contribution in [0.3, 0.4) is 0 Å². The lowest BCUT2D eigenvalue weighted by atomic mass is 10.1. The van der Waals surface area contributed by atoms with Gasteiger partial charge in [-0.15, -0.1) is 0 Å². The van der Waals surface area contributed by atoms with Crippen molar-refractivity contribution < 1.29 is 13.2 Å². The molecule has 1 aliphatic rings. The molecule has 0 amide bonds. The molecule has 2 rings (SSSR count). The molecule has 0 spiro atoms. The molecule has 0 aliphatic carbocycles. The maximum atomic E-state index is 13.3. The highest BCUT2D eigenvalue weighted by atomic mass is 79.9. The molecule has 1 aromatic rings. The summed E-state index contributed by atoms with van der Waals surface area (Å²) in [4.78, 5) is 0.766. The molecule has 0 fully saturated rings. The molecule has 0 radical (unpaired) electrons. The number of allylic oxidation sites excluding steroid dienone is 1. The van der Waals surface area contributed by atoms with Gasteiger partial charge in [0, 0.05) is 4.90 Å². The minimum Gasteiger partial charge on any atom is -0.160 e. The summed E-state index contributed by atoms with van der Waals surface area (Å²) in [5.74, 6) is 0. The van der Waals surface area contributed by atoms with Gasteiger partial charge in [-0.25, -0.2) is 0 Å². The summed E-state index contributed by atoms with van der Waals surface area (Å²) in [6.07, 6.45) is 2.42. The molecule has 0 bridgehead atoms. The van der Waals surface area contributed by atoms with Crippen LogP contribution in [0.4, 0.5) is 13.2 Å². The topological polar surface area (TPSA) is 0 Å². The number of hydrogen-bond acceptors (Lipinski definition) is 0. The number of fused-ring (bicyclic) bond motifs is 1. The van der Waals surface area contributed by atoms with Crippen molar-refractivity contribution in [3.05, 3.63) is 34.2 Å². The summed E-state index contributed by atoms with van der Waals surface area (Å²) < 4.78 is 39.8. The predicted molar refractivity (Wildman–Crippen MR) is 70.3 cm³/mol. The van der Waals surface area contributed by atoms with Gasteiger partial charge < -0.3 is 0 Å². The zero-order valence-corrected chi connectivity index (χ0v) is 11.8. The number of halogens is 4. The van der Waals surface area contributed by atoms with Crippen molar-refractivity contribution in [2.75, 3.05) is 0 Å². The van der Waals surface area contributed by atoms with Crippen molar-refractivity contribution in [3.8, 4) is 0 Å². The van der Waals surface area contributed by atoms with Crippen LogP contribution in [0.2, 0.25) is 0 Å². The van der Waals surface area contributed by atoms with Gasteiger partial charge in [-0.1, -0.05) is 19.1 Å². The van der Waals surface area contributed by atoms with Gasteiger partial charge in [-0.2, -0.15) is 13.2 Å². The number of benzene rings is 1. The van der Waals surface area contributed by atoms with Gasteiger partial charge in [0.15, 0.2) is 0 Å². The van der Waals surface area contributed by atoms with E-state index in [-0.39, 0.29) is 0 Å². The molecular weight excluding hydrogens is 313 g/mol. The van der Waals surface area contributed by atoms with Gasteiger partial charge >= 0.3 is 5.51 Å². The maximum absolute atomic E-state index is 13.3. The highest BCUT2D eigenvalue weighted by Crippen LogP contribution is 2.81. The summed E-state index contributed by atoms with van der Waals surface area (Å²) in [5, 5.41) is 0. The number of alkyl halides is 3. The van der Waals surface area contributed by atoms with Crippen LogP contribution in [-0.2, 0) is 6.42 Å². The molecule has 1 aliphatic heterocycles. The van der Waals surface area contributed by atoms with Gasteiger partial charge in [0.2, 0.25) is 0 Å². The minimum absolute atomic E-state index is 0.376. The van der Waals surface area contributed by atoms with Crippen molar-refractivity contribution in [2.24, 2.45) is 0 Å². The molecule has 0 saturated heterocycles. The monoisotopic (exact) mass is 324 g/mol. The fourth-order valence-corrected chi connectivity index (χ4v) is 5.20. The molecule has 1 unspecified atom stereocenters. The number of hydrogen-bond donors (Lipinski definition) is 0. The molecule has 0 nitrogen and oxygen atoms in total. The Morgan fingerprint density at radius 1 is 1.29 bits per heavy atom. The van der Waals surface area contributed by atoms with Gasteiger partial charge in [0.25, 0.3) is 0 Å². The highest BCUT2D eigenvalue weighted by Gasteiger charge is 2.54. The van der Waals surface area contributed by atoms with E-state index in [0.29, 0.717) is 9.80 Å². The van der Waals surface area contributed by atoms with Gasteiger partial charge in [-0.05, 0) is 64.8 Å². The average Bonchev–Trinajstić information content (AvgIpc) is 2.52. The quantitative estimate of drug-likeness (QED) is 0.629. The summed E-state index contributed by atoms with van der Waals surface area (Å²) in [6.45, 7) is 3.51. The maximum Gasteiger partial charge on any atom is 0.442 e. The Balaban J connectivity index is 2.70. The Morgan fingerprint density at radius 3 is 2.47 bits per heavy atom. The summed E-state index contributed by atoms with van der Waals surface area (Å²) in [5.41, 5.74) is -2.53. The second-order valence-electron chi connectivity index (χ2n) is 3.92. The second kappa shape index (κ2) is 4.05. The van der Waals surface area contributed by atoms with Gasteiger partial charge in [0.1, 0.15) is 0 Å². The first kappa shape index (κ1) is 13.0. The lowest BCUT2D eigenvalue weighted by molar-refractivity contribution is -0.0355. The smallest absolute Gasteiger partial charge is 0.160 e. The molecule has 0 N–H and O–H groups in total. The lowest BCUT2D eigenvalue weighted by Crippen LogP contribution is -2.15. The van der Waals surface area contributed by atoms with Crippen molar-refractivity contribution in [1.29, 1.82) is 0 Å². The van der Waals surface area contributed by atoms with Crippen molar-refractivity contribution >= 4 is 29.4 Å². The van der Waals surface area contributed by atoms with Crippen LogP contribution in [-0.4, -0.2) is 5.51 Å². The van der Waals surface area contributed by atoms with E-state index in [0.717, 1.165) is 17.5 Å². The Bertz CT molecular complexity index is 493. The first-order valence-corrected chi connectivity index (χ1v) is 8.69. The zero-order valence-electron chi connectivity index (χ0n) is 9.44. The molecule has 1 atom stereocenters. The SMILES string of the molecule is CCc1cccc2c1C=C(C)S2(Br)C(F)(F)F. The predicted octanol–water partition coefficient (Wildman–Crippen LogP) is 5.62. The lowest BCUT2D eigenvalue weighted by Gasteiger charge is -2.33. The molecule has 94 valence electrons. The summed E-state index contributed by atoms with van der Waals surface area (Å²) in [6, 6.07) is 5.18. The third kappa shape index (κ3) is 1.74. The normalized spacial score (nSPS) is 27.3.